The van der Waals surface area contributed by atoms with E-state index in [0.29, 0.717) is 17.9 Å². The number of ketones is 2. The number of nitrogens with one attached hydrogen (secondary N) is 1. The molecule has 0 aliphatic heterocycles. The van der Waals surface area contributed by atoms with E-state index >= 15 is 0 Å². The van der Waals surface area contributed by atoms with Gasteiger partial charge in [0.2, 0.25) is 5.91 Å². The first kappa shape index (κ1) is 19.3. The van der Waals surface area contributed by atoms with Gasteiger partial charge in [0.05, 0.1) is 23.9 Å². The van der Waals surface area contributed by atoms with E-state index in [1.807, 2.05) is 0 Å². The molecule has 1 aromatic rings. The molecule has 1 amide bonds. The largest absolute Gasteiger partial charge is 0.355 e. The van der Waals surface area contributed by atoms with Crippen molar-refractivity contribution in [2.24, 2.45) is 5.92 Å². The van der Waals surface area contributed by atoms with E-state index in [9.17, 15) is 14.4 Å². The normalized spacial score (nSPS) is 20.0. The molecule has 0 spiro atoms. The number of Topliss-reactive ketones (excluding diaryl/α,β-unsaturated/α-hetero) is 2. The quantitative estimate of drug-likeness (QED) is 0.564. The summed E-state index contributed by atoms with van der Waals surface area (Å²) in [7, 11) is 0. The fraction of sp³-hybridized carbons (Fsp3) is 0.667. The molecule has 0 aromatic carbocycles. The van der Waals surface area contributed by atoms with Crippen molar-refractivity contribution in [3.8, 4) is 0 Å². The maximum absolute atomic E-state index is 12.4. The fourth-order valence-electron chi connectivity index (χ4n) is 3.23. The molecule has 2 unspecified atom stereocenters. The van der Waals surface area contributed by atoms with Gasteiger partial charge in [-0.1, -0.05) is 13.8 Å². The van der Waals surface area contributed by atoms with Crippen LogP contribution in [0.5, 0.6) is 0 Å². The molecule has 0 radical (unpaired) electrons. The highest BCUT2D eigenvalue weighted by Crippen LogP contribution is 2.30. The van der Waals surface area contributed by atoms with E-state index in [1.165, 1.54) is 6.33 Å². The molecule has 0 bridgehead atoms. The SMILES string of the molecule is CCN(CC)CCCNC(=O)Cn1cnc2c1C(=O)C(C)C(=O)C2C. The van der Waals surface area contributed by atoms with Crippen LogP contribution in [0.1, 0.15) is 56.2 Å². The zero-order chi connectivity index (χ0) is 18.6. The molecular formula is C18H28N4O3. The highest BCUT2D eigenvalue weighted by molar-refractivity contribution is 6.15. The van der Waals surface area contributed by atoms with Gasteiger partial charge in [0.15, 0.2) is 11.6 Å². The van der Waals surface area contributed by atoms with Crippen LogP contribution in [0.15, 0.2) is 6.33 Å². The third-order valence-corrected chi connectivity index (χ3v) is 4.94. The van der Waals surface area contributed by atoms with Gasteiger partial charge in [-0.3, -0.25) is 14.4 Å². The number of nitrogens with zero attached hydrogens (tertiary/aromatic N) is 3. The summed E-state index contributed by atoms with van der Waals surface area (Å²) in [5.74, 6) is -1.57. The van der Waals surface area contributed by atoms with Gasteiger partial charge in [-0.2, -0.15) is 0 Å². The van der Waals surface area contributed by atoms with Crippen LogP contribution in [-0.2, 0) is 16.1 Å². The van der Waals surface area contributed by atoms with Crippen molar-refractivity contribution in [1.82, 2.24) is 19.8 Å². The minimum absolute atomic E-state index is 0.0486. The molecule has 0 saturated heterocycles. The Bertz CT molecular complexity index is 649. The number of rotatable bonds is 8. The second-order valence-corrected chi connectivity index (χ2v) is 6.55. The van der Waals surface area contributed by atoms with Gasteiger partial charge in [0.25, 0.3) is 0 Å². The Kier molecular flexibility index (Phi) is 6.47. The predicted octanol–water partition coefficient (Wildman–Crippen LogP) is 1.24. The molecule has 1 aliphatic carbocycles. The van der Waals surface area contributed by atoms with Gasteiger partial charge in [-0.25, -0.2) is 4.98 Å². The first-order chi connectivity index (χ1) is 11.9. The monoisotopic (exact) mass is 348 g/mol. The number of hydrogen-bond donors (Lipinski definition) is 1. The molecule has 1 N–H and O–H groups in total. The Morgan fingerprint density at radius 2 is 1.92 bits per heavy atom. The molecule has 138 valence electrons. The van der Waals surface area contributed by atoms with Crippen LogP contribution in [0.2, 0.25) is 0 Å². The number of carbonyl (C=O) groups excluding carboxylic acids is 3. The highest BCUT2D eigenvalue weighted by atomic mass is 16.2. The maximum atomic E-state index is 12.4. The maximum Gasteiger partial charge on any atom is 0.239 e. The van der Waals surface area contributed by atoms with E-state index in [-0.39, 0.29) is 24.0 Å². The fourth-order valence-corrected chi connectivity index (χ4v) is 3.23. The van der Waals surface area contributed by atoms with Gasteiger partial charge in [-0.15, -0.1) is 0 Å². The van der Waals surface area contributed by atoms with Crippen molar-refractivity contribution in [2.75, 3.05) is 26.2 Å². The number of imidazole rings is 1. The van der Waals surface area contributed by atoms with Gasteiger partial charge in [0, 0.05) is 6.54 Å². The van der Waals surface area contributed by atoms with Crippen LogP contribution in [0.3, 0.4) is 0 Å². The highest BCUT2D eigenvalue weighted by Gasteiger charge is 2.39. The van der Waals surface area contributed by atoms with E-state index in [0.717, 1.165) is 26.1 Å². The van der Waals surface area contributed by atoms with Crippen LogP contribution in [0.4, 0.5) is 0 Å². The third-order valence-electron chi connectivity index (χ3n) is 4.94. The lowest BCUT2D eigenvalue weighted by Gasteiger charge is -2.22. The summed E-state index contributed by atoms with van der Waals surface area (Å²) in [6.45, 7) is 11.2. The number of carbonyl (C=O) groups is 3. The Morgan fingerprint density at radius 3 is 2.56 bits per heavy atom. The Labute approximate surface area is 148 Å². The number of fused-ring (bicyclic) bond motifs is 1. The first-order valence-electron chi connectivity index (χ1n) is 9.02. The minimum Gasteiger partial charge on any atom is -0.355 e. The molecule has 7 nitrogen and oxygen atoms in total. The van der Waals surface area contributed by atoms with Crippen molar-refractivity contribution < 1.29 is 14.4 Å². The molecule has 25 heavy (non-hydrogen) atoms. The Balaban J connectivity index is 1.94. The van der Waals surface area contributed by atoms with Gasteiger partial charge in [-0.05, 0) is 39.9 Å². The van der Waals surface area contributed by atoms with Crippen molar-refractivity contribution >= 4 is 17.5 Å². The van der Waals surface area contributed by atoms with Crippen LogP contribution >= 0.6 is 0 Å². The van der Waals surface area contributed by atoms with E-state index in [4.69, 9.17) is 0 Å². The minimum atomic E-state index is -0.671. The third kappa shape index (κ3) is 4.15. The molecule has 1 aromatic heterocycles. The molecule has 1 aliphatic rings. The zero-order valence-electron chi connectivity index (χ0n) is 15.5. The second-order valence-electron chi connectivity index (χ2n) is 6.55. The molecular weight excluding hydrogens is 320 g/mol. The lowest BCUT2D eigenvalue weighted by molar-refractivity contribution is -0.122. The van der Waals surface area contributed by atoms with Crippen LogP contribution in [-0.4, -0.2) is 58.1 Å². The van der Waals surface area contributed by atoms with E-state index in [1.54, 1.807) is 18.4 Å². The van der Waals surface area contributed by atoms with E-state index in [2.05, 4.69) is 29.0 Å². The summed E-state index contributed by atoms with van der Waals surface area (Å²) in [5, 5.41) is 2.88. The van der Waals surface area contributed by atoms with Crippen molar-refractivity contribution in [1.29, 1.82) is 0 Å². The zero-order valence-corrected chi connectivity index (χ0v) is 15.5. The standard InChI is InChI=1S/C18H28N4O3/c1-5-21(6-2)9-7-8-19-14(23)10-22-11-20-15-12(3)17(24)13(4)18(25)16(15)22/h11-13H,5-10H2,1-4H3,(H,19,23). The topological polar surface area (TPSA) is 84.3 Å². The number of hydrogen-bond acceptors (Lipinski definition) is 5. The van der Waals surface area contributed by atoms with Crippen molar-refractivity contribution in [3.63, 3.8) is 0 Å². The second kappa shape index (κ2) is 8.38. The predicted molar refractivity (Wildman–Crippen MR) is 94.6 cm³/mol. The average molecular weight is 348 g/mol. The summed E-state index contributed by atoms with van der Waals surface area (Å²) in [5.41, 5.74) is 0.889. The Hall–Kier alpha value is -2.02. The molecule has 2 rings (SSSR count). The van der Waals surface area contributed by atoms with Crippen LogP contribution in [0, 0.1) is 5.92 Å². The molecule has 7 heteroatoms. The lowest BCUT2D eigenvalue weighted by atomic mass is 9.82. The van der Waals surface area contributed by atoms with Crippen LogP contribution in [0.25, 0.3) is 0 Å². The Morgan fingerprint density at radius 1 is 1.24 bits per heavy atom. The summed E-state index contributed by atoms with van der Waals surface area (Å²) >= 11 is 0. The van der Waals surface area contributed by atoms with Gasteiger partial charge in [0.1, 0.15) is 12.2 Å². The first-order valence-corrected chi connectivity index (χ1v) is 9.02. The number of amides is 1. The lowest BCUT2D eigenvalue weighted by Crippen LogP contribution is -2.35. The molecule has 1 heterocycles. The van der Waals surface area contributed by atoms with Crippen molar-refractivity contribution in [2.45, 2.75) is 46.6 Å². The molecule has 0 fully saturated rings. The summed E-state index contributed by atoms with van der Waals surface area (Å²) < 4.78 is 1.57. The summed E-state index contributed by atoms with van der Waals surface area (Å²) in [6.07, 6.45) is 2.37. The number of aromatic nitrogens is 2. The molecule has 2 atom stereocenters. The summed E-state index contributed by atoms with van der Waals surface area (Å²) in [4.78, 5) is 43.1. The van der Waals surface area contributed by atoms with Crippen molar-refractivity contribution in [3.05, 3.63) is 17.7 Å². The van der Waals surface area contributed by atoms with Crippen LogP contribution < -0.4 is 5.32 Å². The van der Waals surface area contributed by atoms with E-state index < -0.39 is 11.8 Å². The van der Waals surface area contributed by atoms with Gasteiger partial charge < -0.3 is 14.8 Å². The smallest absolute Gasteiger partial charge is 0.239 e. The molecule has 0 saturated carbocycles. The van der Waals surface area contributed by atoms with Gasteiger partial charge >= 0.3 is 0 Å². The summed E-state index contributed by atoms with van der Waals surface area (Å²) in [6, 6.07) is 0. The average Bonchev–Trinajstić information content (AvgIpc) is 3.02.